The van der Waals surface area contributed by atoms with Crippen molar-refractivity contribution in [2.24, 2.45) is 0 Å². The molecule has 6 nitrogen and oxygen atoms in total. The van der Waals surface area contributed by atoms with Gasteiger partial charge in [0.25, 0.3) is 5.56 Å². The van der Waals surface area contributed by atoms with Gasteiger partial charge in [0.15, 0.2) is 0 Å². The number of nitrogens with one attached hydrogen (secondary N) is 1. The number of hydrogen-bond donors (Lipinski definition) is 1. The highest BCUT2D eigenvalue weighted by atomic mass is 19.1. The average molecular weight is 420 g/mol. The first-order valence-corrected chi connectivity index (χ1v) is 10.4. The van der Waals surface area contributed by atoms with Crippen molar-refractivity contribution < 1.29 is 9.18 Å². The van der Waals surface area contributed by atoms with E-state index in [2.05, 4.69) is 10.4 Å². The number of halogens is 1. The van der Waals surface area contributed by atoms with Crippen molar-refractivity contribution >= 4 is 11.6 Å². The first-order chi connectivity index (χ1) is 15.0. The molecule has 1 aliphatic rings. The minimum Gasteiger partial charge on any atom is -0.367 e. The van der Waals surface area contributed by atoms with Crippen molar-refractivity contribution in [3.05, 3.63) is 82.4 Å². The average Bonchev–Trinajstić information content (AvgIpc) is 2.77. The first kappa shape index (κ1) is 20.8. The number of carbonyl (C=O) groups is 1. The molecule has 0 spiro atoms. The van der Waals surface area contributed by atoms with Gasteiger partial charge in [-0.2, -0.15) is 5.10 Å². The zero-order valence-electron chi connectivity index (χ0n) is 17.4. The van der Waals surface area contributed by atoms with Gasteiger partial charge in [0.1, 0.15) is 12.4 Å². The van der Waals surface area contributed by atoms with Gasteiger partial charge in [-0.15, -0.1) is 0 Å². The standard InChI is InChI=1S/C24H25FN4O2/c1-17-9-10-20(25)22(14-17)28-13-5-8-19(15-28)26-23(30)16-29-24(31)12-11-21(27-29)18-6-3-2-4-7-18/h2-4,6-7,9-12,14,19H,5,8,13,15-16H2,1H3,(H,26,30). The smallest absolute Gasteiger partial charge is 0.267 e. The fourth-order valence-electron chi connectivity index (χ4n) is 3.91. The van der Waals surface area contributed by atoms with Crippen molar-refractivity contribution in [1.82, 2.24) is 15.1 Å². The highest BCUT2D eigenvalue weighted by Crippen LogP contribution is 2.24. The minimum absolute atomic E-state index is 0.117. The molecule has 2 aromatic carbocycles. The summed E-state index contributed by atoms with van der Waals surface area (Å²) in [6, 6.07) is 17.5. The van der Waals surface area contributed by atoms with Crippen LogP contribution in [0.15, 0.2) is 65.5 Å². The molecular formula is C24H25FN4O2. The van der Waals surface area contributed by atoms with Crippen LogP contribution < -0.4 is 15.8 Å². The van der Waals surface area contributed by atoms with Gasteiger partial charge in [-0.25, -0.2) is 9.07 Å². The van der Waals surface area contributed by atoms with Crippen LogP contribution in [-0.2, 0) is 11.3 Å². The third-order valence-electron chi connectivity index (χ3n) is 5.46. The van der Waals surface area contributed by atoms with Crippen LogP contribution in [0.5, 0.6) is 0 Å². The number of carbonyl (C=O) groups excluding carboxylic acids is 1. The van der Waals surface area contributed by atoms with Crippen LogP contribution in [0, 0.1) is 12.7 Å². The van der Waals surface area contributed by atoms with E-state index in [0.717, 1.165) is 30.5 Å². The molecule has 3 aromatic rings. The Bertz CT molecular complexity index is 1130. The second-order valence-electron chi connectivity index (χ2n) is 7.89. The number of nitrogens with zero attached hydrogens (tertiary/aromatic N) is 3. The molecule has 0 aliphatic carbocycles. The predicted octanol–water partition coefficient (Wildman–Crippen LogP) is 3.14. The zero-order valence-corrected chi connectivity index (χ0v) is 17.4. The zero-order chi connectivity index (χ0) is 21.8. The minimum atomic E-state index is -0.332. The summed E-state index contributed by atoms with van der Waals surface area (Å²) in [7, 11) is 0. The highest BCUT2D eigenvalue weighted by Gasteiger charge is 2.23. The Kier molecular flexibility index (Phi) is 6.11. The van der Waals surface area contributed by atoms with Gasteiger partial charge in [-0.1, -0.05) is 36.4 Å². The van der Waals surface area contributed by atoms with E-state index in [4.69, 9.17) is 0 Å². The molecule has 1 atom stereocenters. The number of aryl methyl sites for hydroxylation is 1. The Morgan fingerprint density at radius 2 is 1.97 bits per heavy atom. The molecule has 1 amide bonds. The second kappa shape index (κ2) is 9.12. The lowest BCUT2D eigenvalue weighted by Crippen LogP contribution is -2.49. The molecule has 1 fully saturated rings. The Morgan fingerprint density at radius 3 is 2.77 bits per heavy atom. The number of hydrogen-bond acceptors (Lipinski definition) is 4. The summed E-state index contributed by atoms with van der Waals surface area (Å²) in [5, 5.41) is 7.33. The number of aromatic nitrogens is 2. The van der Waals surface area contributed by atoms with Gasteiger partial charge >= 0.3 is 0 Å². The van der Waals surface area contributed by atoms with Gasteiger partial charge in [-0.05, 0) is 43.5 Å². The molecule has 1 unspecified atom stereocenters. The van der Waals surface area contributed by atoms with Crippen LogP contribution in [0.25, 0.3) is 11.3 Å². The quantitative estimate of drug-likeness (QED) is 0.689. The summed E-state index contributed by atoms with van der Waals surface area (Å²) < 4.78 is 15.5. The molecule has 0 radical (unpaired) electrons. The summed E-state index contributed by atoms with van der Waals surface area (Å²) >= 11 is 0. The topological polar surface area (TPSA) is 67.2 Å². The van der Waals surface area contributed by atoms with Crippen LogP contribution >= 0.6 is 0 Å². The Labute approximate surface area is 180 Å². The molecule has 1 saturated heterocycles. The summed E-state index contributed by atoms with van der Waals surface area (Å²) in [6.07, 6.45) is 1.65. The number of benzene rings is 2. The van der Waals surface area contributed by atoms with Crippen molar-refractivity contribution in [2.75, 3.05) is 18.0 Å². The number of piperidine rings is 1. The molecule has 31 heavy (non-hydrogen) atoms. The van der Waals surface area contributed by atoms with Crippen LogP contribution in [0.2, 0.25) is 0 Å². The first-order valence-electron chi connectivity index (χ1n) is 10.4. The number of amides is 1. The molecule has 2 heterocycles. The lowest BCUT2D eigenvalue weighted by atomic mass is 10.0. The van der Waals surface area contributed by atoms with Crippen molar-refractivity contribution in [3.63, 3.8) is 0 Å². The molecule has 1 aliphatic heterocycles. The van der Waals surface area contributed by atoms with Gasteiger partial charge < -0.3 is 10.2 Å². The van der Waals surface area contributed by atoms with E-state index in [-0.39, 0.29) is 29.9 Å². The Morgan fingerprint density at radius 1 is 1.16 bits per heavy atom. The van der Waals surface area contributed by atoms with E-state index < -0.39 is 0 Å². The van der Waals surface area contributed by atoms with E-state index in [1.54, 1.807) is 12.1 Å². The van der Waals surface area contributed by atoms with E-state index >= 15 is 0 Å². The van der Waals surface area contributed by atoms with Gasteiger partial charge in [0.05, 0.1) is 11.4 Å². The monoisotopic (exact) mass is 420 g/mol. The van der Waals surface area contributed by atoms with Crippen molar-refractivity contribution in [2.45, 2.75) is 32.4 Å². The maximum atomic E-state index is 14.3. The molecule has 4 rings (SSSR count). The van der Waals surface area contributed by atoms with E-state index in [9.17, 15) is 14.0 Å². The van der Waals surface area contributed by atoms with Crippen molar-refractivity contribution in [3.8, 4) is 11.3 Å². The molecule has 0 bridgehead atoms. The molecule has 7 heteroatoms. The van der Waals surface area contributed by atoms with Crippen LogP contribution in [-0.4, -0.2) is 34.8 Å². The molecule has 1 N–H and O–H groups in total. The van der Waals surface area contributed by atoms with Crippen LogP contribution in [0.3, 0.4) is 0 Å². The second-order valence-corrected chi connectivity index (χ2v) is 7.89. The Hall–Kier alpha value is -3.48. The summed E-state index contributed by atoms with van der Waals surface area (Å²) in [5.41, 5.74) is 2.73. The molecule has 160 valence electrons. The summed E-state index contributed by atoms with van der Waals surface area (Å²) in [5.74, 6) is -0.539. The maximum Gasteiger partial charge on any atom is 0.267 e. The third kappa shape index (κ3) is 4.99. The van der Waals surface area contributed by atoms with E-state index in [1.807, 2.05) is 48.2 Å². The molecule has 0 saturated carbocycles. The van der Waals surface area contributed by atoms with Gasteiger partial charge in [0.2, 0.25) is 5.91 Å². The lowest BCUT2D eigenvalue weighted by molar-refractivity contribution is -0.122. The normalized spacial score (nSPS) is 16.2. The fourth-order valence-corrected chi connectivity index (χ4v) is 3.91. The number of anilines is 1. The largest absolute Gasteiger partial charge is 0.367 e. The van der Waals surface area contributed by atoms with Crippen molar-refractivity contribution in [1.29, 1.82) is 0 Å². The summed E-state index contributed by atoms with van der Waals surface area (Å²) in [4.78, 5) is 26.8. The van der Waals surface area contributed by atoms with E-state index in [0.29, 0.717) is 17.9 Å². The van der Waals surface area contributed by atoms with Gasteiger partial charge in [-0.3, -0.25) is 9.59 Å². The highest BCUT2D eigenvalue weighted by molar-refractivity contribution is 5.76. The van der Waals surface area contributed by atoms with Crippen LogP contribution in [0.1, 0.15) is 18.4 Å². The maximum absolute atomic E-state index is 14.3. The lowest BCUT2D eigenvalue weighted by Gasteiger charge is -2.35. The SMILES string of the molecule is Cc1ccc(F)c(N2CCCC(NC(=O)Cn3nc(-c4ccccc4)ccc3=O)C2)c1. The molecule has 1 aromatic heterocycles. The predicted molar refractivity (Wildman–Crippen MR) is 118 cm³/mol. The fraction of sp³-hybridized carbons (Fsp3) is 0.292. The van der Waals surface area contributed by atoms with Gasteiger partial charge in [0, 0.05) is 30.8 Å². The van der Waals surface area contributed by atoms with E-state index in [1.165, 1.54) is 16.8 Å². The number of rotatable bonds is 5. The third-order valence-corrected chi connectivity index (χ3v) is 5.46. The Balaban J connectivity index is 1.43. The van der Waals surface area contributed by atoms with Crippen LogP contribution in [0.4, 0.5) is 10.1 Å². The summed E-state index contributed by atoms with van der Waals surface area (Å²) in [6.45, 7) is 3.04. The molecular weight excluding hydrogens is 395 g/mol.